The molecular weight excluding hydrogens is 144 g/mol. The van der Waals surface area contributed by atoms with Gasteiger partial charge in [-0.1, -0.05) is 0 Å². The molecule has 0 aliphatic carbocycles. The van der Waals surface area contributed by atoms with E-state index in [1.54, 1.807) is 0 Å². The minimum Gasteiger partial charge on any atom is -0.857 e. The molecule has 8 heavy (non-hydrogen) atoms. The summed E-state index contributed by atoms with van der Waals surface area (Å²) in [5.41, 5.74) is 0. The third kappa shape index (κ3) is 210. The van der Waals surface area contributed by atoms with Gasteiger partial charge in [-0.05, 0) is 0 Å². The van der Waals surface area contributed by atoms with Gasteiger partial charge in [-0.25, -0.2) is 5.90 Å². The Morgan fingerprint density at radius 3 is 1.12 bits per heavy atom. The Kier molecular flexibility index (Phi) is 1430. The Hall–Kier alpha value is 1.13. The van der Waals surface area contributed by atoms with Crippen molar-refractivity contribution in [2.45, 2.75) is 0 Å². The molecule has 0 aromatic heterocycles. The van der Waals surface area contributed by atoms with E-state index >= 15 is 0 Å². The number of aliphatic hydroxyl groups excluding tert-OH is 1. The molecule has 0 radical (unpaired) electrons. The van der Waals surface area contributed by atoms with E-state index in [-0.39, 0.29) is 42.0 Å². The molecule has 4 N–H and O–H groups in total. The van der Waals surface area contributed by atoms with Crippen LogP contribution in [0.15, 0.2) is 0 Å². The van der Waals surface area contributed by atoms with Crippen LogP contribution < -0.4 is 40.6 Å². The molecule has 0 heterocycles. The number of halogens is 1. The molecule has 0 saturated heterocycles. The van der Waals surface area contributed by atoms with Crippen molar-refractivity contribution in [3.05, 3.63) is 0 Å². The maximum absolute atomic E-state index is 8.25. The van der Waals surface area contributed by atoms with E-state index < -0.39 is 0 Å². The molecule has 0 atom stereocenters. The number of nitrogens with two attached hydrogens (primary N) is 1. The minimum absolute atomic E-state index is 0. The summed E-state index contributed by atoms with van der Waals surface area (Å²) < 4.78 is 0. The maximum atomic E-state index is 8.25. The van der Waals surface area contributed by atoms with Crippen molar-refractivity contribution in [1.82, 2.24) is 0 Å². The molecule has 0 aromatic carbocycles. The molecule has 4 nitrogen and oxygen atoms in total. The van der Waals surface area contributed by atoms with Gasteiger partial charge in [0.1, 0.15) is 0 Å². The van der Waals surface area contributed by atoms with Crippen LogP contribution in [0.3, 0.4) is 0 Å². The summed E-state index contributed by atoms with van der Waals surface area (Å²) in [6.45, 7) is 0. The van der Waals surface area contributed by atoms with Gasteiger partial charge < -0.3 is 15.4 Å². The maximum Gasteiger partial charge on any atom is 1.00 e. The molecule has 0 fully saturated rings. The fourth-order valence-electron chi connectivity index (χ4n) is 0. The number of aliphatic hydroxyl groups is 1. The van der Waals surface area contributed by atoms with Crippen molar-refractivity contribution < 1.29 is 45.0 Å². The van der Waals surface area contributed by atoms with Crippen LogP contribution in [0, 0.1) is 0 Å². The molecule has 0 saturated carbocycles. The molecule has 0 aliphatic rings. The zero-order valence-corrected chi connectivity index (χ0v) is 8.10. The average Bonchev–Trinajstić information content (AvgIpc) is 1.81. The standard InChI is InChI=1S/CH4O.CH3O.ClH.H3NO.Na/c2*1-2;;1-2;/h2H,1H3;1H3;1H;2H,1H2;/q;-1;;;+1. The predicted molar refractivity (Wildman–Crippen MR) is 27.3 cm³/mol. The molecule has 0 amide bonds. The second-order valence-electron chi connectivity index (χ2n) is 0. The molecule has 0 aromatic rings. The average molecular weight is 156 g/mol. The predicted octanol–water partition coefficient (Wildman–Crippen LogP) is -4.65. The van der Waals surface area contributed by atoms with Crippen LogP contribution in [-0.4, -0.2) is 24.5 Å². The van der Waals surface area contributed by atoms with Crippen molar-refractivity contribution in [3.63, 3.8) is 0 Å². The SMILES string of the molecule is CO.C[O-].Cl.NO.[Na+]. The first-order chi connectivity index (χ1) is 3.00. The van der Waals surface area contributed by atoms with E-state index in [2.05, 4.69) is 5.90 Å². The molecular formula is C2H11ClNNaO3. The van der Waals surface area contributed by atoms with Crippen molar-refractivity contribution in [3.8, 4) is 0 Å². The van der Waals surface area contributed by atoms with Crippen LogP contribution in [0.1, 0.15) is 0 Å². The Morgan fingerprint density at radius 2 is 1.12 bits per heavy atom. The van der Waals surface area contributed by atoms with Gasteiger partial charge in [0.25, 0.3) is 0 Å². The molecule has 6 heteroatoms. The zero-order valence-electron chi connectivity index (χ0n) is 5.29. The first-order valence-electron chi connectivity index (χ1n) is 1.11. The van der Waals surface area contributed by atoms with Gasteiger partial charge in [0.2, 0.25) is 0 Å². The van der Waals surface area contributed by atoms with Crippen molar-refractivity contribution >= 4 is 12.4 Å². The van der Waals surface area contributed by atoms with Gasteiger partial charge in [-0.3, -0.25) is 0 Å². The second-order valence-corrected chi connectivity index (χ2v) is 0. The fourth-order valence-corrected chi connectivity index (χ4v) is 0. The summed E-state index contributed by atoms with van der Waals surface area (Å²) in [4.78, 5) is 0. The van der Waals surface area contributed by atoms with Crippen LogP contribution in [0.2, 0.25) is 0 Å². The molecule has 0 bridgehead atoms. The summed E-state index contributed by atoms with van der Waals surface area (Å²) in [7, 11) is 1.75. The van der Waals surface area contributed by atoms with E-state index in [4.69, 9.17) is 15.4 Å². The van der Waals surface area contributed by atoms with E-state index in [0.717, 1.165) is 14.2 Å². The summed E-state index contributed by atoms with van der Waals surface area (Å²) in [6, 6.07) is 0. The third-order valence-corrected chi connectivity index (χ3v) is 0. The largest absolute Gasteiger partial charge is 1.00 e. The quantitative estimate of drug-likeness (QED) is 0.242. The molecule has 0 rings (SSSR count). The van der Waals surface area contributed by atoms with Gasteiger partial charge in [0.05, 0.1) is 0 Å². The van der Waals surface area contributed by atoms with Crippen LogP contribution in [0.25, 0.3) is 0 Å². The second kappa shape index (κ2) is 324. The van der Waals surface area contributed by atoms with Crippen molar-refractivity contribution in [2.24, 2.45) is 5.90 Å². The van der Waals surface area contributed by atoms with Crippen LogP contribution in [-0.2, 0) is 0 Å². The topological polar surface area (TPSA) is 89.5 Å². The summed E-state index contributed by atoms with van der Waals surface area (Å²) in [6.07, 6.45) is 0. The zero-order chi connectivity index (χ0) is 6.00. The Labute approximate surface area is 77.4 Å². The van der Waals surface area contributed by atoms with Gasteiger partial charge in [-0.2, -0.15) is 7.11 Å². The van der Waals surface area contributed by atoms with E-state index in [1.807, 2.05) is 0 Å². The van der Waals surface area contributed by atoms with Crippen molar-refractivity contribution in [1.29, 1.82) is 0 Å². The Balaban J connectivity index is -0.00000000500. The summed E-state index contributed by atoms with van der Waals surface area (Å²) in [5.74, 6) is 3.50. The molecule has 0 aliphatic heterocycles. The molecule has 0 spiro atoms. The number of hydrogen-bond acceptors (Lipinski definition) is 4. The normalized spacial score (nSPS) is 2.25. The van der Waals surface area contributed by atoms with Gasteiger partial charge >= 0.3 is 29.6 Å². The van der Waals surface area contributed by atoms with Crippen LogP contribution >= 0.6 is 12.4 Å². The van der Waals surface area contributed by atoms with Gasteiger partial charge in [-0.15, -0.1) is 12.4 Å². The number of hydrogen-bond donors (Lipinski definition) is 3. The third-order valence-electron chi connectivity index (χ3n) is 0. The smallest absolute Gasteiger partial charge is 0.857 e. The summed E-state index contributed by atoms with van der Waals surface area (Å²) >= 11 is 0. The number of rotatable bonds is 0. The summed E-state index contributed by atoms with van der Waals surface area (Å²) in [5, 5.41) is 21.8. The van der Waals surface area contributed by atoms with Crippen molar-refractivity contribution in [2.75, 3.05) is 14.2 Å². The first kappa shape index (κ1) is 35.4. The molecule has 50 valence electrons. The monoisotopic (exact) mass is 155 g/mol. The Morgan fingerprint density at radius 1 is 1.12 bits per heavy atom. The van der Waals surface area contributed by atoms with E-state index in [1.165, 1.54) is 0 Å². The van der Waals surface area contributed by atoms with Crippen LogP contribution in [0.5, 0.6) is 0 Å². The van der Waals surface area contributed by atoms with Crippen LogP contribution in [0.4, 0.5) is 0 Å². The molecule has 0 unspecified atom stereocenters. The first-order valence-corrected chi connectivity index (χ1v) is 1.11. The Bertz CT molecular complexity index is 17.2. The minimum atomic E-state index is 0. The van der Waals surface area contributed by atoms with Gasteiger partial charge in [0, 0.05) is 7.11 Å². The van der Waals surface area contributed by atoms with Gasteiger partial charge in [0.15, 0.2) is 0 Å². The van der Waals surface area contributed by atoms with E-state index in [9.17, 15) is 0 Å². The fraction of sp³-hybridized carbons (Fsp3) is 1.00. The van der Waals surface area contributed by atoms with E-state index in [0.29, 0.717) is 0 Å².